The Bertz CT molecular complexity index is 39.7. The van der Waals surface area contributed by atoms with Gasteiger partial charge in [-0.15, -0.1) is 24.0 Å². The molecule has 0 unspecified atom stereocenters. The molecule has 0 aromatic heterocycles. The second-order valence-corrected chi connectivity index (χ2v) is 3.06. The molecule has 0 aromatic carbocycles. The van der Waals surface area contributed by atoms with E-state index in [1.165, 1.54) is 0 Å². The zero-order chi connectivity index (χ0) is 5.54. The summed E-state index contributed by atoms with van der Waals surface area (Å²) in [5, 5.41) is 0. The molecule has 0 rings (SSSR count). The maximum atomic E-state index is 4.71. The molecule has 0 aliphatic heterocycles. The van der Waals surface area contributed by atoms with E-state index in [0.29, 0.717) is 0 Å². The zero-order valence-corrected chi connectivity index (χ0v) is 12.2. The van der Waals surface area contributed by atoms with Gasteiger partial charge in [0.15, 0.2) is 0 Å². The molecule has 0 heterocycles. The quantitative estimate of drug-likeness (QED) is 0.300. The Morgan fingerprint density at radius 1 is 1.11 bits per heavy atom. The van der Waals surface area contributed by atoms with Gasteiger partial charge in [-0.2, -0.15) is 23.3 Å². The molecule has 0 nitrogen and oxygen atoms in total. The fourth-order valence-corrected chi connectivity index (χ4v) is 1.37. The number of halogens is 1. The predicted octanol–water partition coefficient (Wildman–Crippen LogP) is 1.30. The van der Waals surface area contributed by atoms with Gasteiger partial charge in [0.2, 0.25) is 0 Å². The van der Waals surface area contributed by atoms with E-state index in [4.69, 9.17) is 25.3 Å². The van der Waals surface area contributed by atoms with Gasteiger partial charge in [0.05, 0.1) is 0 Å². The van der Waals surface area contributed by atoms with Crippen molar-refractivity contribution in [1.29, 1.82) is 0 Å². The predicted molar refractivity (Wildman–Crippen MR) is 65.1 cm³/mol. The van der Waals surface area contributed by atoms with Crippen molar-refractivity contribution in [2.24, 2.45) is 0 Å². The first-order valence-corrected chi connectivity index (χ1v) is 4.46. The van der Waals surface area contributed by atoms with Crippen molar-refractivity contribution in [1.82, 2.24) is 0 Å². The molecule has 9 heavy (non-hydrogen) atoms. The monoisotopic (exact) mass is 403 g/mol. The molecule has 0 saturated carbocycles. The van der Waals surface area contributed by atoms with Crippen molar-refractivity contribution in [3.63, 3.8) is 0 Å². The average Bonchev–Trinajstić information content (AvgIpc) is 1.69. The molecule has 0 spiro atoms. The van der Waals surface area contributed by atoms with Gasteiger partial charge in [0.1, 0.15) is 0 Å². The molecule has 59 valence electrons. The summed E-state index contributed by atoms with van der Waals surface area (Å²) >= 11 is 11.3. The first kappa shape index (κ1) is 17.6. The Balaban J connectivity index is -0.0000000600. The van der Waals surface area contributed by atoms with Crippen LogP contribution in [-0.2, 0) is 25.3 Å². The second kappa shape index (κ2) is 16.9. The summed E-state index contributed by atoms with van der Waals surface area (Å²) in [7, 11) is 0. The smallest absolute Gasteiger partial charge is 0 e. The third kappa shape index (κ3) is 18.0. The van der Waals surface area contributed by atoms with E-state index in [-0.39, 0.29) is 49.8 Å². The maximum Gasteiger partial charge on any atom is 0 e. The minimum Gasteiger partial charge on any atom is -0.792 e. The van der Waals surface area contributed by atoms with E-state index in [2.05, 4.69) is 0 Å². The Kier molecular flexibility index (Phi) is 33.1. The molecule has 0 aliphatic carbocycles. The van der Waals surface area contributed by atoms with Gasteiger partial charge in [-0.3, -0.25) is 0 Å². The van der Waals surface area contributed by atoms with Gasteiger partial charge in [-0.05, 0) is 11.5 Å². The van der Waals surface area contributed by atoms with Crippen LogP contribution in [0.25, 0.3) is 0 Å². The maximum absolute atomic E-state index is 4.71. The van der Waals surface area contributed by atoms with Crippen LogP contribution in [0.4, 0.5) is 0 Å². The van der Waals surface area contributed by atoms with Crippen LogP contribution in [-0.4, -0.2) is 47.4 Å². The van der Waals surface area contributed by atoms with Crippen LogP contribution in [0.5, 0.6) is 0 Å². The molecular formula is C4H11IS3Sb-2. The summed E-state index contributed by atoms with van der Waals surface area (Å²) in [4.78, 5) is 0. The van der Waals surface area contributed by atoms with Crippen molar-refractivity contribution in [2.45, 2.75) is 0 Å². The molecule has 0 bridgehead atoms. The number of rotatable bonds is 4. The van der Waals surface area contributed by atoms with Crippen molar-refractivity contribution < 1.29 is 1.43 Å². The van der Waals surface area contributed by atoms with Crippen LogP contribution < -0.4 is 0 Å². The standard InChI is InChI=1S/C4H10S3.HI.Sb.H2/c5-1-3-7-4-2-6;;;/h5-6H,1-4H2;1H;;1H/p-2. The van der Waals surface area contributed by atoms with E-state index >= 15 is 0 Å². The topological polar surface area (TPSA) is 0 Å². The Labute approximate surface area is 108 Å². The molecule has 3 radical (unpaired) electrons. The summed E-state index contributed by atoms with van der Waals surface area (Å²) in [6, 6.07) is 0. The summed E-state index contributed by atoms with van der Waals surface area (Å²) in [6.45, 7) is 0. The Morgan fingerprint density at radius 2 is 1.44 bits per heavy atom. The van der Waals surface area contributed by atoms with Crippen molar-refractivity contribution in [3.8, 4) is 0 Å². The molecular weight excluding hydrogens is 393 g/mol. The van der Waals surface area contributed by atoms with E-state index in [9.17, 15) is 0 Å². The fraction of sp³-hybridized carbons (Fsp3) is 1.00. The van der Waals surface area contributed by atoms with E-state index in [1.807, 2.05) is 11.8 Å². The van der Waals surface area contributed by atoms with Gasteiger partial charge in [0, 0.05) is 25.9 Å². The second-order valence-electron chi connectivity index (χ2n) is 1.02. The first-order valence-electron chi connectivity index (χ1n) is 2.15. The van der Waals surface area contributed by atoms with Crippen LogP contribution in [0.1, 0.15) is 1.43 Å². The summed E-state index contributed by atoms with van der Waals surface area (Å²) in [6.07, 6.45) is 0. The van der Waals surface area contributed by atoms with Crippen molar-refractivity contribution >= 4 is 85.4 Å². The van der Waals surface area contributed by atoms with E-state index < -0.39 is 0 Å². The van der Waals surface area contributed by atoms with Gasteiger partial charge in [0.25, 0.3) is 0 Å². The molecule has 0 saturated heterocycles. The molecule has 0 atom stereocenters. The largest absolute Gasteiger partial charge is 0.792 e. The number of hydrogen-bond acceptors (Lipinski definition) is 3. The summed E-state index contributed by atoms with van der Waals surface area (Å²) in [5.41, 5.74) is 0. The van der Waals surface area contributed by atoms with Gasteiger partial charge < -0.3 is 25.3 Å². The Morgan fingerprint density at radius 3 is 1.67 bits per heavy atom. The SMILES string of the molecule is I.[HH].[S-]CCSCC[S-].[Sb]. The van der Waals surface area contributed by atoms with Crippen LogP contribution in [0.2, 0.25) is 0 Å². The first-order chi connectivity index (χ1) is 3.41. The average molecular weight is 404 g/mol. The molecule has 0 fully saturated rings. The summed E-state index contributed by atoms with van der Waals surface area (Å²) in [5.74, 6) is 3.90. The van der Waals surface area contributed by atoms with Crippen LogP contribution >= 0.6 is 35.7 Å². The van der Waals surface area contributed by atoms with Crippen molar-refractivity contribution in [3.05, 3.63) is 0 Å². The van der Waals surface area contributed by atoms with Gasteiger partial charge >= 0.3 is 0 Å². The summed E-state index contributed by atoms with van der Waals surface area (Å²) < 4.78 is 0. The van der Waals surface area contributed by atoms with Crippen LogP contribution in [0, 0.1) is 0 Å². The minimum atomic E-state index is 0. The molecule has 0 N–H and O–H groups in total. The third-order valence-corrected chi connectivity index (χ3v) is 2.37. The normalized spacial score (nSPS) is 7.33. The zero-order valence-electron chi connectivity index (χ0n) is 4.91. The molecule has 0 aromatic rings. The van der Waals surface area contributed by atoms with E-state index in [1.54, 1.807) is 0 Å². The van der Waals surface area contributed by atoms with Gasteiger partial charge in [-0.1, -0.05) is 0 Å². The molecule has 0 aliphatic rings. The molecule has 5 heteroatoms. The number of hydrogen-bond donors (Lipinski definition) is 0. The van der Waals surface area contributed by atoms with Crippen LogP contribution in [0.3, 0.4) is 0 Å². The van der Waals surface area contributed by atoms with E-state index in [0.717, 1.165) is 23.0 Å². The minimum absolute atomic E-state index is 0. The van der Waals surface area contributed by atoms with Crippen LogP contribution in [0.15, 0.2) is 0 Å². The fourth-order valence-electron chi connectivity index (χ4n) is 0.220. The Hall–Kier alpha value is 2.60. The number of thioether (sulfide) groups is 1. The van der Waals surface area contributed by atoms with Crippen molar-refractivity contribution in [2.75, 3.05) is 23.0 Å². The van der Waals surface area contributed by atoms with Gasteiger partial charge in [-0.25, -0.2) is 0 Å². The molecule has 0 amide bonds. The third-order valence-electron chi connectivity index (χ3n) is 0.455.